The molecule has 0 saturated heterocycles. The van der Waals surface area contributed by atoms with Crippen molar-refractivity contribution in [3.05, 3.63) is 0 Å². The minimum atomic E-state index is -0.977. The van der Waals surface area contributed by atoms with E-state index in [4.69, 9.17) is 11.6 Å². The molecule has 0 fully saturated rings. The SMILES string of the molecule is CC(=O)C(=O)C(Cl)CC=O. The van der Waals surface area contributed by atoms with Gasteiger partial charge in [-0.05, 0) is 0 Å². The van der Waals surface area contributed by atoms with E-state index in [0.717, 1.165) is 6.92 Å². The molecule has 0 radical (unpaired) electrons. The molecular weight excluding hydrogens is 156 g/mol. The molecule has 0 aliphatic heterocycles. The van der Waals surface area contributed by atoms with Crippen LogP contribution in [0, 0.1) is 0 Å². The van der Waals surface area contributed by atoms with Crippen LogP contribution in [-0.4, -0.2) is 23.2 Å². The number of Topliss-reactive ketones (excluding diaryl/α,β-unsaturated/α-hetero) is 2. The third-order valence-corrected chi connectivity index (χ3v) is 1.31. The molecule has 0 spiro atoms. The first-order valence-corrected chi connectivity index (χ1v) is 3.15. The summed E-state index contributed by atoms with van der Waals surface area (Å²) in [5.74, 6) is -1.31. The smallest absolute Gasteiger partial charge is 0.216 e. The van der Waals surface area contributed by atoms with Gasteiger partial charge in [0.2, 0.25) is 5.78 Å². The number of alkyl halides is 1. The average Bonchev–Trinajstić information content (AvgIpc) is 1.87. The number of halogens is 1. The summed E-state index contributed by atoms with van der Waals surface area (Å²) in [6.07, 6.45) is 0.415. The van der Waals surface area contributed by atoms with Crippen LogP contribution in [0.25, 0.3) is 0 Å². The molecule has 0 aliphatic rings. The van der Waals surface area contributed by atoms with Crippen molar-refractivity contribution < 1.29 is 14.4 Å². The Bertz CT molecular complexity index is 164. The van der Waals surface area contributed by atoms with Crippen molar-refractivity contribution in [1.29, 1.82) is 0 Å². The summed E-state index contributed by atoms with van der Waals surface area (Å²) in [4.78, 5) is 30.7. The van der Waals surface area contributed by atoms with Gasteiger partial charge >= 0.3 is 0 Å². The van der Waals surface area contributed by atoms with E-state index in [-0.39, 0.29) is 6.42 Å². The maximum absolute atomic E-state index is 10.6. The van der Waals surface area contributed by atoms with E-state index in [9.17, 15) is 14.4 Å². The van der Waals surface area contributed by atoms with E-state index >= 15 is 0 Å². The summed E-state index contributed by atoms with van der Waals surface area (Å²) in [5, 5.41) is -0.977. The largest absolute Gasteiger partial charge is 0.303 e. The van der Waals surface area contributed by atoms with Gasteiger partial charge in [-0.1, -0.05) is 0 Å². The van der Waals surface area contributed by atoms with Crippen molar-refractivity contribution in [2.45, 2.75) is 18.7 Å². The van der Waals surface area contributed by atoms with Crippen LogP contribution in [0.4, 0.5) is 0 Å². The summed E-state index contributed by atoms with van der Waals surface area (Å²) in [7, 11) is 0. The van der Waals surface area contributed by atoms with E-state index < -0.39 is 16.9 Å². The van der Waals surface area contributed by atoms with Crippen LogP contribution >= 0.6 is 11.6 Å². The van der Waals surface area contributed by atoms with Crippen LogP contribution in [0.2, 0.25) is 0 Å². The zero-order chi connectivity index (χ0) is 8.15. The highest BCUT2D eigenvalue weighted by atomic mass is 35.5. The van der Waals surface area contributed by atoms with E-state index in [0.29, 0.717) is 6.29 Å². The molecule has 0 aromatic heterocycles. The number of hydrogen-bond donors (Lipinski definition) is 0. The van der Waals surface area contributed by atoms with Crippen LogP contribution in [0.3, 0.4) is 0 Å². The van der Waals surface area contributed by atoms with Gasteiger partial charge in [0, 0.05) is 13.3 Å². The summed E-state index contributed by atoms with van der Waals surface area (Å²) >= 11 is 5.32. The molecule has 0 aliphatic carbocycles. The van der Waals surface area contributed by atoms with E-state index in [1.807, 2.05) is 0 Å². The fourth-order valence-corrected chi connectivity index (χ4v) is 0.638. The number of rotatable bonds is 4. The molecule has 0 bridgehead atoms. The fraction of sp³-hybridized carbons (Fsp3) is 0.500. The van der Waals surface area contributed by atoms with Crippen LogP contribution in [-0.2, 0) is 14.4 Å². The molecule has 3 nitrogen and oxygen atoms in total. The maximum Gasteiger partial charge on any atom is 0.216 e. The van der Waals surface area contributed by atoms with Crippen LogP contribution < -0.4 is 0 Å². The highest BCUT2D eigenvalue weighted by Gasteiger charge is 2.18. The van der Waals surface area contributed by atoms with Crippen molar-refractivity contribution >= 4 is 29.5 Å². The van der Waals surface area contributed by atoms with E-state index in [1.54, 1.807) is 0 Å². The molecule has 4 heteroatoms. The third kappa shape index (κ3) is 2.73. The van der Waals surface area contributed by atoms with Crippen molar-refractivity contribution in [2.24, 2.45) is 0 Å². The molecule has 1 unspecified atom stereocenters. The Labute approximate surface area is 63.4 Å². The highest BCUT2D eigenvalue weighted by Crippen LogP contribution is 2.01. The number of hydrogen-bond acceptors (Lipinski definition) is 3. The Morgan fingerprint density at radius 2 is 2.10 bits per heavy atom. The standard InChI is InChI=1S/C6H7ClO3/c1-4(9)6(10)5(7)2-3-8/h3,5H,2H2,1H3. The molecule has 0 amide bonds. The van der Waals surface area contributed by atoms with Gasteiger partial charge in [-0.25, -0.2) is 0 Å². The number of aldehydes is 1. The number of carbonyl (C=O) groups excluding carboxylic acids is 3. The first-order chi connectivity index (χ1) is 4.59. The summed E-state index contributed by atoms with van der Waals surface area (Å²) in [6, 6.07) is 0. The summed E-state index contributed by atoms with van der Waals surface area (Å²) in [5.41, 5.74) is 0. The zero-order valence-corrected chi connectivity index (χ0v) is 6.22. The first kappa shape index (κ1) is 9.30. The van der Waals surface area contributed by atoms with Gasteiger partial charge in [-0.2, -0.15) is 0 Å². The average molecular weight is 163 g/mol. The lowest BCUT2D eigenvalue weighted by Crippen LogP contribution is -2.21. The number of carbonyl (C=O) groups is 3. The molecule has 0 heterocycles. The second kappa shape index (κ2) is 4.17. The van der Waals surface area contributed by atoms with Gasteiger partial charge in [-0.3, -0.25) is 9.59 Å². The molecule has 0 saturated carbocycles. The molecule has 0 aromatic rings. The summed E-state index contributed by atoms with van der Waals surface area (Å²) in [6.45, 7) is 1.13. The van der Waals surface area contributed by atoms with Gasteiger partial charge in [0.15, 0.2) is 5.78 Å². The maximum atomic E-state index is 10.6. The second-order valence-electron chi connectivity index (χ2n) is 1.79. The lowest BCUT2D eigenvalue weighted by Gasteiger charge is -1.98. The topological polar surface area (TPSA) is 51.2 Å². The van der Waals surface area contributed by atoms with Gasteiger partial charge in [-0.15, -0.1) is 11.6 Å². The minimum absolute atomic E-state index is 0.0973. The fourth-order valence-electron chi connectivity index (χ4n) is 0.412. The second-order valence-corrected chi connectivity index (χ2v) is 2.32. The van der Waals surface area contributed by atoms with Gasteiger partial charge in [0.1, 0.15) is 11.7 Å². The van der Waals surface area contributed by atoms with E-state index in [2.05, 4.69) is 0 Å². The predicted molar refractivity (Wildman–Crippen MR) is 36.0 cm³/mol. The predicted octanol–water partition coefficient (Wildman–Crippen LogP) is 0.341. The molecule has 0 aromatic carbocycles. The molecule has 0 N–H and O–H groups in total. The highest BCUT2D eigenvalue weighted by molar-refractivity contribution is 6.49. The van der Waals surface area contributed by atoms with Crippen LogP contribution in [0.15, 0.2) is 0 Å². The summed E-state index contributed by atoms with van der Waals surface area (Å²) < 4.78 is 0. The lowest BCUT2D eigenvalue weighted by atomic mass is 10.2. The quantitative estimate of drug-likeness (QED) is 0.340. The Morgan fingerprint density at radius 1 is 1.60 bits per heavy atom. The van der Waals surface area contributed by atoms with E-state index in [1.165, 1.54) is 0 Å². The van der Waals surface area contributed by atoms with Gasteiger partial charge in [0.05, 0.1) is 0 Å². The van der Waals surface area contributed by atoms with Crippen molar-refractivity contribution in [2.75, 3.05) is 0 Å². The normalized spacial score (nSPS) is 12.2. The molecule has 10 heavy (non-hydrogen) atoms. The lowest BCUT2D eigenvalue weighted by molar-refractivity contribution is -0.135. The minimum Gasteiger partial charge on any atom is -0.303 e. The van der Waals surface area contributed by atoms with Crippen LogP contribution in [0.5, 0.6) is 0 Å². The first-order valence-electron chi connectivity index (χ1n) is 2.72. The molecular formula is C6H7ClO3. The Kier molecular flexibility index (Phi) is 3.88. The van der Waals surface area contributed by atoms with Gasteiger partial charge < -0.3 is 4.79 Å². The Morgan fingerprint density at radius 3 is 2.40 bits per heavy atom. The zero-order valence-electron chi connectivity index (χ0n) is 5.46. The molecule has 0 rings (SSSR count). The monoisotopic (exact) mass is 162 g/mol. The van der Waals surface area contributed by atoms with Crippen LogP contribution in [0.1, 0.15) is 13.3 Å². The Hall–Kier alpha value is -0.700. The van der Waals surface area contributed by atoms with Crippen molar-refractivity contribution in [3.63, 3.8) is 0 Å². The molecule has 1 atom stereocenters. The number of ketones is 2. The molecule has 56 valence electrons. The Balaban J connectivity index is 3.94. The van der Waals surface area contributed by atoms with Gasteiger partial charge in [0.25, 0.3) is 0 Å². The van der Waals surface area contributed by atoms with Crippen molar-refractivity contribution in [1.82, 2.24) is 0 Å². The third-order valence-electron chi connectivity index (χ3n) is 0.935. The van der Waals surface area contributed by atoms with Crippen molar-refractivity contribution in [3.8, 4) is 0 Å².